The number of hydrogen-bond donors (Lipinski definition) is 0. The van der Waals surface area contributed by atoms with E-state index < -0.39 is 6.10 Å². The van der Waals surface area contributed by atoms with Gasteiger partial charge in [0.25, 0.3) is 0 Å². The molecule has 4 heteroatoms. The van der Waals surface area contributed by atoms with E-state index in [4.69, 9.17) is 9.47 Å². The van der Waals surface area contributed by atoms with Crippen LogP contribution in [0, 0.1) is 6.92 Å². The second kappa shape index (κ2) is 15.1. The van der Waals surface area contributed by atoms with Crippen LogP contribution in [-0.4, -0.2) is 23.2 Å². The molecule has 4 rings (SSSR count). The third-order valence-corrected chi connectivity index (χ3v) is 7.41. The maximum absolute atomic E-state index is 12.6. The van der Waals surface area contributed by atoms with Crippen molar-refractivity contribution in [1.82, 2.24) is 4.57 Å². The molecular weight excluding hydrogens is 494 g/mol. The molecule has 0 saturated heterocycles. The van der Waals surface area contributed by atoms with Gasteiger partial charge in [0.15, 0.2) is 6.10 Å². The first-order valence-corrected chi connectivity index (χ1v) is 14.8. The number of esters is 1. The van der Waals surface area contributed by atoms with Gasteiger partial charge in [-0.25, -0.2) is 4.79 Å². The number of aromatic nitrogens is 1. The molecule has 3 aromatic carbocycles. The van der Waals surface area contributed by atoms with Crippen molar-refractivity contribution in [1.29, 1.82) is 0 Å². The highest BCUT2D eigenvalue weighted by Gasteiger charge is 2.22. The van der Waals surface area contributed by atoms with Gasteiger partial charge in [-0.05, 0) is 91.8 Å². The lowest BCUT2D eigenvalue weighted by atomic mass is 10.0. The van der Waals surface area contributed by atoms with Gasteiger partial charge in [-0.1, -0.05) is 80.8 Å². The standard InChI is InChI=1S/C36H43NO3/c1-4-6-7-9-12-29-16-18-30(19-17-29)25-26-37-28(3)15-24-34(37)32-20-22-33(23-21-32)40-35(36(38)39-5-2)27-31-13-10-8-11-14-31/h8,10-11,13-24,35H,4-7,9,12,25-27H2,1-3H3/t35-/m1/s1. The summed E-state index contributed by atoms with van der Waals surface area (Å²) >= 11 is 0. The van der Waals surface area contributed by atoms with E-state index in [2.05, 4.69) is 66.9 Å². The monoisotopic (exact) mass is 537 g/mol. The first-order chi connectivity index (χ1) is 19.6. The quantitative estimate of drug-likeness (QED) is 0.113. The highest BCUT2D eigenvalue weighted by atomic mass is 16.6. The molecule has 1 atom stereocenters. The van der Waals surface area contributed by atoms with Crippen LogP contribution in [0.15, 0.2) is 91.0 Å². The van der Waals surface area contributed by atoms with Crippen molar-refractivity contribution in [3.63, 3.8) is 0 Å². The van der Waals surface area contributed by atoms with Gasteiger partial charge in [0.05, 0.1) is 6.61 Å². The second-order valence-corrected chi connectivity index (χ2v) is 10.5. The van der Waals surface area contributed by atoms with Crippen molar-refractivity contribution in [2.24, 2.45) is 0 Å². The molecule has 210 valence electrons. The number of carbonyl (C=O) groups is 1. The lowest BCUT2D eigenvalue weighted by Gasteiger charge is -2.18. The minimum Gasteiger partial charge on any atom is -0.478 e. The molecule has 4 aromatic rings. The maximum Gasteiger partial charge on any atom is 0.347 e. The Morgan fingerprint density at radius 3 is 2.12 bits per heavy atom. The third kappa shape index (κ3) is 8.35. The smallest absolute Gasteiger partial charge is 0.347 e. The van der Waals surface area contributed by atoms with E-state index in [1.54, 1.807) is 0 Å². The normalized spacial score (nSPS) is 11.8. The minimum atomic E-state index is -0.693. The Morgan fingerprint density at radius 1 is 0.750 bits per heavy atom. The Labute approximate surface area is 240 Å². The molecule has 0 amide bonds. The molecule has 0 aliphatic carbocycles. The van der Waals surface area contributed by atoms with E-state index in [1.807, 2.05) is 49.4 Å². The molecule has 0 unspecified atom stereocenters. The van der Waals surface area contributed by atoms with Crippen LogP contribution in [-0.2, 0) is 35.3 Å². The first-order valence-electron chi connectivity index (χ1n) is 14.8. The molecule has 0 aliphatic heterocycles. The number of unbranched alkanes of at least 4 members (excludes halogenated alkanes) is 3. The highest BCUT2D eigenvalue weighted by Crippen LogP contribution is 2.26. The number of nitrogens with zero attached hydrogens (tertiary/aromatic N) is 1. The summed E-state index contributed by atoms with van der Waals surface area (Å²) in [7, 11) is 0. The van der Waals surface area contributed by atoms with E-state index in [0.29, 0.717) is 18.8 Å². The zero-order valence-electron chi connectivity index (χ0n) is 24.3. The molecule has 0 aliphatic rings. The molecule has 1 aromatic heterocycles. The largest absolute Gasteiger partial charge is 0.478 e. The van der Waals surface area contributed by atoms with Crippen molar-refractivity contribution in [3.8, 4) is 17.0 Å². The third-order valence-electron chi connectivity index (χ3n) is 7.41. The topological polar surface area (TPSA) is 40.5 Å². The van der Waals surface area contributed by atoms with Crippen molar-refractivity contribution in [3.05, 3.63) is 113 Å². The van der Waals surface area contributed by atoms with Gasteiger partial charge in [0.1, 0.15) is 5.75 Å². The Kier molecular flexibility index (Phi) is 11.0. The van der Waals surface area contributed by atoms with Gasteiger partial charge < -0.3 is 14.0 Å². The van der Waals surface area contributed by atoms with E-state index in [9.17, 15) is 4.79 Å². The molecule has 1 heterocycles. The molecule has 40 heavy (non-hydrogen) atoms. The average Bonchev–Trinajstić information content (AvgIpc) is 3.35. The second-order valence-electron chi connectivity index (χ2n) is 10.5. The molecule has 0 radical (unpaired) electrons. The summed E-state index contributed by atoms with van der Waals surface area (Å²) in [5, 5.41) is 0. The van der Waals surface area contributed by atoms with Crippen molar-refractivity contribution >= 4 is 5.97 Å². The van der Waals surface area contributed by atoms with Crippen LogP contribution in [0.25, 0.3) is 11.3 Å². The minimum absolute atomic E-state index is 0.325. The number of aryl methyl sites for hydroxylation is 3. The number of carbonyl (C=O) groups excluding carboxylic acids is 1. The Balaban J connectivity index is 1.39. The van der Waals surface area contributed by atoms with Crippen molar-refractivity contribution < 1.29 is 14.3 Å². The number of rotatable bonds is 15. The highest BCUT2D eigenvalue weighted by molar-refractivity contribution is 5.75. The summed E-state index contributed by atoms with van der Waals surface area (Å²) in [4.78, 5) is 12.6. The lowest BCUT2D eigenvalue weighted by Crippen LogP contribution is -2.31. The molecule has 0 bridgehead atoms. The number of ether oxygens (including phenoxy) is 2. The van der Waals surface area contributed by atoms with Gasteiger partial charge in [-0.15, -0.1) is 0 Å². The molecule has 4 nitrogen and oxygen atoms in total. The van der Waals surface area contributed by atoms with Crippen LogP contribution in [0.3, 0.4) is 0 Å². The van der Waals surface area contributed by atoms with Crippen LogP contribution in [0.1, 0.15) is 61.9 Å². The van der Waals surface area contributed by atoms with E-state index >= 15 is 0 Å². The summed E-state index contributed by atoms with van der Waals surface area (Å²) in [5.74, 6) is 0.312. The Hall–Kier alpha value is -3.79. The summed E-state index contributed by atoms with van der Waals surface area (Å²) in [6.45, 7) is 7.48. The fourth-order valence-electron chi connectivity index (χ4n) is 5.09. The van der Waals surface area contributed by atoms with Crippen molar-refractivity contribution in [2.75, 3.05) is 6.61 Å². The maximum atomic E-state index is 12.6. The molecule has 0 spiro atoms. The van der Waals surface area contributed by atoms with Gasteiger partial charge in [0, 0.05) is 24.4 Å². The van der Waals surface area contributed by atoms with Crippen LogP contribution in [0.4, 0.5) is 0 Å². The summed E-state index contributed by atoms with van der Waals surface area (Å²) in [5.41, 5.74) is 7.39. The summed E-state index contributed by atoms with van der Waals surface area (Å²) in [6.07, 6.45) is 7.14. The van der Waals surface area contributed by atoms with Crippen LogP contribution >= 0.6 is 0 Å². The van der Waals surface area contributed by atoms with E-state index in [-0.39, 0.29) is 5.97 Å². The van der Waals surface area contributed by atoms with Crippen LogP contribution in [0.5, 0.6) is 5.75 Å². The lowest BCUT2D eigenvalue weighted by molar-refractivity contribution is -0.151. The molecule has 0 saturated carbocycles. The van der Waals surface area contributed by atoms with Gasteiger partial charge in [-0.3, -0.25) is 0 Å². The average molecular weight is 538 g/mol. The van der Waals surface area contributed by atoms with E-state index in [1.165, 1.54) is 54.6 Å². The first kappa shape index (κ1) is 29.2. The Bertz CT molecular complexity index is 1310. The fraction of sp³-hybridized carbons (Fsp3) is 0.361. The predicted octanol–water partition coefficient (Wildman–Crippen LogP) is 8.38. The van der Waals surface area contributed by atoms with E-state index in [0.717, 1.165) is 24.1 Å². The zero-order chi connectivity index (χ0) is 28.2. The predicted molar refractivity (Wildman–Crippen MR) is 164 cm³/mol. The zero-order valence-corrected chi connectivity index (χ0v) is 24.3. The fourth-order valence-corrected chi connectivity index (χ4v) is 5.09. The van der Waals surface area contributed by atoms with Crippen LogP contribution in [0.2, 0.25) is 0 Å². The van der Waals surface area contributed by atoms with Crippen LogP contribution < -0.4 is 4.74 Å². The summed E-state index contributed by atoms with van der Waals surface area (Å²) < 4.78 is 13.8. The Morgan fingerprint density at radius 2 is 1.45 bits per heavy atom. The number of benzene rings is 3. The van der Waals surface area contributed by atoms with Gasteiger partial charge >= 0.3 is 5.97 Å². The van der Waals surface area contributed by atoms with Gasteiger partial charge in [-0.2, -0.15) is 0 Å². The molecular formula is C36H43NO3. The summed E-state index contributed by atoms with van der Waals surface area (Å²) in [6, 6.07) is 31.4. The van der Waals surface area contributed by atoms with Gasteiger partial charge in [0.2, 0.25) is 0 Å². The number of hydrogen-bond acceptors (Lipinski definition) is 3. The SMILES string of the molecule is CCCCCCc1ccc(CCn2c(C)ccc2-c2ccc(O[C@H](Cc3ccccc3)C(=O)OCC)cc2)cc1. The molecule has 0 fully saturated rings. The van der Waals surface area contributed by atoms with Crippen molar-refractivity contribution in [2.45, 2.75) is 78.4 Å². The molecule has 0 N–H and O–H groups in total.